The van der Waals surface area contributed by atoms with Gasteiger partial charge in [0, 0.05) is 12.1 Å². The molecule has 1 heterocycles. The van der Waals surface area contributed by atoms with Gasteiger partial charge < -0.3 is 10.0 Å². The summed E-state index contributed by atoms with van der Waals surface area (Å²) in [5.74, 6) is -0.719. The number of allylic oxidation sites excluding steroid dienone is 1. The Labute approximate surface area is 182 Å². The van der Waals surface area contributed by atoms with E-state index in [9.17, 15) is 14.7 Å². The SMILES string of the molecule is O=C(/C=C/c1ccccc1)CC1(O)C(=O)N(CCCc2ccccc2)c2ccccc21. The van der Waals surface area contributed by atoms with E-state index in [1.165, 1.54) is 11.6 Å². The van der Waals surface area contributed by atoms with E-state index in [1.54, 1.807) is 23.1 Å². The number of fused-ring (bicyclic) bond motifs is 1. The lowest BCUT2D eigenvalue weighted by Gasteiger charge is -2.22. The number of ketones is 1. The van der Waals surface area contributed by atoms with Crippen molar-refractivity contribution in [1.29, 1.82) is 0 Å². The second-order valence-corrected chi connectivity index (χ2v) is 7.81. The molecule has 1 amide bonds. The van der Waals surface area contributed by atoms with Crippen LogP contribution in [-0.4, -0.2) is 23.3 Å². The van der Waals surface area contributed by atoms with Gasteiger partial charge in [0.05, 0.1) is 12.1 Å². The van der Waals surface area contributed by atoms with Crippen molar-refractivity contribution in [3.63, 3.8) is 0 Å². The van der Waals surface area contributed by atoms with E-state index < -0.39 is 11.5 Å². The maximum Gasteiger partial charge on any atom is 0.264 e. The molecule has 156 valence electrons. The zero-order valence-electron chi connectivity index (χ0n) is 17.3. The number of rotatable bonds is 8. The van der Waals surface area contributed by atoms with Crippen molar-refractivity contribution in [1.82, 2.24) is 0 Å². The smallest absolute Gasteiger partial charge is 0.264 e. The Balaban J connectivity index is 1.49. The summed E-state index contributed by atoms with van der Waals surface area (Å²) in [6, 6.07) is 26.8. The average Bonchev–Trinajstić information content (AvgIpc) is 3.01. The Kier molecular flexibility index (Phi) is 6.10. The van der Waals surface area contributed by atoms with Gasteiger partial charge in [-0.1, -0.05) is 84.9 Å². The summed E-state index contributed by atoms with van der Waals surface area (Å²) in [5.41, 5.74) is 1.45. The van der Waals surface area contributed by atoms with Crippen LogP contribution in [0.15, 0.2) is 91.0 Å². The highest BCUT2D eigenvalue weighted by molar-refractivity contribution is 6.10. The summed E-state index contributed by atoms with van der Waals surface area (Å²) in [5, 5.41) is 11.3. The second kappa shape index (κ2) is 9.11. The highest BCUT2D eigenvalue weighted by Crippen LogP contribution is 2.42. The molecule has 0 bridgehead atoms. The summed E-state index contributed by atoms with van der Waals surface area (Å²) >= 11 is 0. The molecule has 1 aliphatic heterocycles. The van der Waals surface area contributed by atoms with Gasteiger partial charge in [0.1, 0.15) is 0 Å². The molecule has 1 atom stereocenters. The molecule has 0 saturated carbocycles. The molecule has 0 fully saturated rings. The van der Waals surface area contributed by atoms with Crippen LogP contribution >= 0.6 is 0 Å². The predicted molar refractivity (Wildman–Crippen MR) is 123 cm³/mol. The van der Waals surface area contributed by atoms with Crippen molar-refractivity contribution >= 4 is 23.5 Å². The van der Waals surface area contributed by atoms with E-state index in [2.05, 4.69) is 12.1 Å². The molecule has 0 aromatic heterocycles. The monoisotopic (exact) mass is 411 g/mol. The van der Waals surface area contributed by atoms with Crippen LogP contribution in [0.1, 0.15) is 29.5 Å². The molecule has 1 aliphatic rings. The van der Waals surface area contributed by atoms with Crippen LogP contribution < -0.4 is 4.90 Å². The first-order chi connectivity index (χ1) is 15.1. The van der Waals surface area contributed by atoms with Crippen LogP contribution in [0.4, 0.5) is 5.69 Å². The normalized spacial score (nSPS) is 17.8. The first-order valence-corrected chi connectivity index (χ1v) is 10.5. The number of para-hydroxylation sites is 1. The van der Waals surface area contributed by atoms with Gasteiger partial charge in [-0.05, 0) is 36.1 Å². The number of hydrogen-bond acceptors (Lipinski definition) is 3. The topological polar surface area (TPSA) is 57.6 Å². The summed E-state index contributed by atoms with van der Waals surface area (Å²) in [7, 11) is 0. The summed E-state index contributed by atoms with van der Waals surface area (Å²) in [6.45, 7) is 0.487. The average molecular weight is 412 g/mol. The Morgan fingerprint density at radius 3 is 2.29 bits per heavy atom. The molecule has 4 heteroatoms. The highest BCUT2D eigenvalue weighted by Gasteiger charge is 2.50. The number of benzene rings is 3. The van der Waals surface area contributed by atoms with Crippen molar-refractivity contribution in [2.24, 2.45) is 0 Å². The molecule has 4 nitrogen and oxygen atoms in total. The third-order valence-corrected chi connectivity index (χ3v) is 5.62. The van der Waals surface area contributed by atoms with Gasteiger partial charge in [0.2, 0.25) is 0 Å². The molecule has 0 radical (unpaired) electrons. The quantitative estimate of drug-likeness (QED) is 0.554. The number of aliphatic hydroxyl groups is 1. The lowest BCUT2D eigenvalue weighted by Crippen LogP contribution is -2.42. The largest absolute Gasteiger partial charge is 0.375 e. The Morgan fingerprint density at radius 2 is 1.55 bits per heavy atom. The number of hydrogen-bond donors (Lipinski definition) is 1. The van der Waals surface area contributed by atoms with E-state index in [4.69, 9.17) is 0 Å². The zero-order chi connectivity index (χ0) is 21.7. The van der Waals surface area contributed by atoms with Crippen molar-refractivity contribution in [3.05, 3.63) is 108 Å². The molecule has 0 saturated heterocycles. The van der Waals surface area contributed by atoms with E-state index in [0.29, 0.717) is 17.8 Å². The molecule has 4 rings (SSSR count). The van der Waals surface area contributed by atoms with Crippen LogP contribution in [0, 0.1) is 0 Å². The fraction of sp³-hybridized carbons (Fsp3) is 0.185. The third kappa shape index (κ3) is 4.49. The van der Waals surface area contributed by atoms with Crippen molar-refractivity contribution < 1.29 is 14.7 Å². The fourth-order valence-corrected chi connectivity index (χ4v) is 4.05. The van der Waals surface area contributed by atoms with E-state index in [0.717, 1.165) is 18.4 Å². The fourth-order valence-electron chi connectivity index (χ4n) is 4.05. The molecule has 1 unspecified atom stereocenters. The van der Waals surface area contributed by atoms with Crippen LogP contribution in [0.25, 0.3) is 6.08 Å². The standard InChI is InChI=1S/C27H25NO3/c29-23(18-17-22-12-5-2-6-13-22)20-27(31)24-15-7-8-16-25(24)28(26(27)30)19-9-14-21-10-3-1-4-11-21/h1-8,10-13,15-18,31H,9,14,19-20H2/b18-17+. The van der Waals surface area contributed by atoms with E-state index in [1.807, 2.05) is 60.7 Å². The van der Waals surface area contributed by atoms with E-state index in [-0.39, 0.29) is 12.2 Å². The molecule has 3 aromatic carbocycles. The van der Waals surface area contributed by atoms with Crippen LogP contribution in [0.2, 0.25) is 0 Å². The third-order valence-electron chi connectivity index (χ3n) is 5.62. The van der Waals surface area contributed by atoms with Gasteiger partial charge >= 0.3 is 0 Å². The van der Waals surface area contributed by atoms with Gasteiger partial charge in [-0.15, -0.1) is 0 Å². The molecule has 1 N–H and O–H groups in total. The van der Waals surface area contributed by atoms with Crippen molar-refractivity contribution in [2.45, 2.75) is 24.9 Å². The van der Waals surface area contributed by atoms with Crippen molar-refractivity contribution in [3.8, 4) is 0 Å². The summed E-state index contributed by atoms with van der Waals surface area (Å²) in [4.78, 5) is 27.5. The number of carbonyl (C=O) groups excluding carboxylic acids is 2. The molecule has 0 aliphatic carbocycles. The highest BCUT2D eigenvalue weighted by atomic mass is 16.3. The number of aryl methyl sites for hydroxylation is 1. The van der Waals surface area contributed by atoms with Gasteiger partial charge in [0.25, 0.3) is 5.91 Å². The van der Waals surface area contributed by atoms with Gasteiger partial charge in [-0.25, -0.2) is 0 Å². The molecule has 31 heavy (non-hydrogen) atoms. The first kappa shape index (κ1) is 20.8. The number of amides is 1. The maximum absolute atomic E-state index is 13.2. The zero-order valence-corrected chi connectivity index (χ0v) is 17.3. The number of carbonyl (C=O) groups is 2. The lowest BCUT2D eigenvalue weighted by molar-refractivity contribution is -0.140. The first-order valence-electron chi connectivity index (χ1n) is 10.5. The summed E-state index contributed by atoms with van der Waals surface area (Å²) in [6.07, 6.45) is 4.46. The molecule has 0 spiro atoms. The molecular weight excluding hydrogens is 386 g/mol. The minimum absolute atomic E-state index is 0.276. The second-order valence-electron chi connectivity index (χ2n) is 7.81. The van der Waals surface area contributed by atoms with Gasteiger partial charge in [-0.2, -0.15) is 0 Å². The maximum atomic E-state index is 13.2. The Morgan fingerprint density at radius 1 is 0.903 bits per heavy atom. The van der Waals surface area contributed by atoms with Crippen LogP contribution in [0.5, 0.6) is 0 Å². The number of anilines is 1. The summed E-state index contributed by atoms with van der Waals surface area (Å²) < 4.78 is 0. The van der Waals surface area contributed by atoms with Crippen LogP contribution in [-0.2, 0) is 21.6 Å². The van der Waals surface area contributed by atoms with Gasteiger partial charge in [-0.3, -0.25) is 9.59 Å². The molecule has 3 aromatic rings. The molecular formula is C27H25NO3. The Hall–Kier alpha value is -3.50. The van der Waals surface area contributed by atoms with E-state index >= 15 is 0 Å². The minimum Gasteiger partial charge on any atom is -0.375 e. The van der Waals surface area contributed by atoms with Crippen LogP contribution in [0.3, 0.4) is 0 Å². The number of nitrogens with zero attached hydrogens (tertiary/aromatic N) is 1. The minimum atomic E-state index is -1.83. The van der Waals surface area contributed by atoms with Crippen molar-refractivity contribution in [2.75, 3.05) is 11.4 Å². The Bertz CT molecular complexity index is 1090. The predicted octanol–water partition coefficient (Wildman–Crippen LogP) is 4.53. The van der Waals surface area contributed by atoms with Gasteiger partial charge in [0.15, 0.2) is 11.4 Å². The lowest BCUT2D eigenvalue weighted by atomic mass is 9.89.